The summed E-state index contributed by atoms with van der Waals surface area (Å²) < 4.78 is 1.17. The molecule has 1 heterocycles. The molecule has 2 rings (SSSR count). The van der Waals surface area contributed by atoms with Crippen LogP contribution >= 0.6 is 22.6 Å². The molecule has 2 N–H and O–H groups in total. The van der Waals surface area contributed by atoms with E-state index in [-0.39, 0.29) is 12.5 Å². The molecule has 1 fully saturated rings. The third kappa shape index (κ3) is 4.93. The first-order chi connectivity index (χ1) is 10.1. The van der Waals surface area contributed by atoms with Gasteiger partial charge in [0.25, 0.3) is 0 Å². The summed E-state index contributed by atoms with van der Waals surface area (Å²) in [6, 6.07) is 6.47. The van der Waals surface area contributed by atoms with Crippen molar-refractivity contribution in [2.24, 2.45) is 0 Å². The van der Waals surface area contributed by atoms with Crippen LogP contribution in [0.15, 0.2) is 18.2 Å². The van der Waals surface area contributed by atoms with Crippen molar-refractivity contribution in [2.75, 3.05) is 25.0 Å². The number of nitrogens with one attached hydrogen (secondary N) is 1. The van der Waals surface area contributed by atoms with Crippen molar-refractivity contribution >= 4 is 34.2 Å². The number of carbonyl (C=O) groups excluding carboxylic acids is 1. The number of rotatable bonds is 6. The van der Waals surface area contributed by atoms with Gasteiger partial charge in [-0.25, -0.2) is 0 Å². The predicted molar refractivity (Wildman–Crippen MR) is 93.4 cm³/mol. The van der Waals surface area contributed by atoms with Gasteiger partial charge in [-0.1, -0.05) is 0 Å². The van der Waals surface area contributed by atoms with Gasteiger partial charge in [0.1, 0.15) is 0 Å². The summed E-state index contributed by atoms with van der Waals surface area (Å²) >= 11 is 2.27. The van der Waals surface area contributed by atoms with Crippen molar-refractivity contribution < 1.29 is 9.90 Å². The van der Waals surface area contributed by atoms with Gasteiger partial charge in [-0.2, -0.15) is 0 Å². The topological polar surface area (TPSA) is 52.6 Å². The molecule has 5 heteroatoms. The summed E-state index contributed by atoms with van der Waals surface area (Å²) in [4.78, 5) is 14.5. The fraction of sp³-hybridized carbons (Fsp3) is 0.562. The number of hydrogen-bond acceptors (Lipinski definition) is 3. The van der Waals surface area contributed by atoms with Crippen molar-refractivity contribution in [1.29, 1.82) is 0 Å². The van der Waals surface area contributed by atoms with Crippen LogP contribution in [-0.4, -0.2) is 41.7 Å². The second-order valence-electron chi connectivity index (χ2n) is 5.64. The van der Waals surface area contributed by atoms with Crippen molar-refractivity contribution in [2.45, 2.75) is 38.6 Å². The number of aliphatic hydroxyl groups is 1. The Labute approximate surface area is 140 Å². The first kappa shape index (κ1) is 16.7. The quantitative estimate of drug-likeness (QED) is 0.720. The molecule has 1 amide bonds. The van der Waals surface area contributed by atoms with Crippen molar-refractivity contribution in [3.05, 3.63) is 27.3 Å². The minimum absolute atomic E-state index is 0.0511. The first-order valence-electron chi connectivity index (χ1n) is 7.51. The summed E-state index contributed by atoms with van der Waals surface area (Å²) in [7, 11) is 0. The van der Waals surface area contributed by atoms with E-state index in [0.29, 0.717) is 12.6 Å². The SMILES string of the molecule is Cc1cc(I)ccc1NC(=O)CN1CCCC1CCCO. The van der Waals surface area contributed by atoms with Crippen LogP contribution in [0, 0.1) is 10.5 Å². The van der Waals surface area contributed by atoms with Gasteiger partial charge in [-0.05, 0) is 85.5 Å². The fourth-order valence-electron chi connectivity index (χ4n) is 2.90. The highest BCUT2D eigenvalue weighted by atomic mass is 127. The molecule has 116 valence electrons. The van der Waals surface area contributed by atoms with Gasteiger partial charge < -0.3 is 10.4 Å². The van der Waals surface area contributed by atoms with Crippen LogP contribution in [-0.2, 0) is 4.79 Å². The Morgan fingerprint density at radius 2 is 2.33 bits per heavy atom. The Bertz CT molecular complexity index is 493. The molecule has 1 aliphatic rings. The number of halogens is 1. The Morgan fingerprint density at radius 1 is 1.52 bits per heavy atom. The van der Waals surface area contributed by atoms with E-state index in [4.69, 9.17) is 5.11 Å². The molecular weight excluding hydrogens is 379 g/mol. The van der Waals surface area contributed by atoms with Crippen LogP contribution in [0.5, 0.6) is 0 Å². The molecule has 0 aromatic heterocycles. The number of benzene rings is 1. The van der Waals surface area contributed by atoms with Crippen LogP contribution in [0.3, 0.4) is 0 Å². The number of hydrogen-bond donors (Lipinski definition) is 2. The molecule has 1 aliphatic heterocycles. The lowest BCUT2D eigenvalue weighted by atomic mass is 10.1. The molecule has 4 nitrogen and oxygen atoms in total. The molecule has 0 aliphatic carbocycles. The number of amides is 1. The zero-order valence-electron chi connectivity index (χ0n) is 12.4. The van der Waals surface area contributed by atoms with Crippen LogP contribution < -0.4 is 5.32 Å². The van der Waals surface area contributed by atoms with Gasteiger partial charge in [0.15, 0.2) is 0 Å². The zero-order valence-corrected chi connectivity index (χ0v) is 14.6. The lowest BCUT2D eigenvalue weighted by molar-refractivity contribution is -0.117. The van der Waals surface area contributed by atoms with E-state index in [1.165, 1.54) is 3.57 Å². The standard InChI is InChI=1S/C16H23IN2O2/c1-12-10-13(17)6-7-15(12)18-16(21)11-19-8-2-4-14(19)5-3-9-20/h6-7,10,14,20H,2-5,8-9,11H2,1H3,(H,18,21). The van der Waals surface area contributed by atoms with Gasteiger partial charge >= 0.3 is 0 Å². The molecule has 0 bridgehead atoms. The maximum Gasteiger partial charge on any atom is 0.238 e. The van der Waals surface area contributed by atoms with Crippen LogP contribution in [0.25, 0.3) is 0 Å². The van der Waals surface area contributed by atoms with Gasteiger partial charge in [-0.15, -0.1) is 0 Å². The Hall–Kier alpha value is -0.660. The van der Waals surface area contributed by atoms with Crippen molar-refractivity contribution in [1.82, 2.24) is 4.90 Å². The second-order valence-corrected chi connectivity index (χ2v) is 6.89. The Kier molecular flexibility index (Phi) is 6.44. The lowest BCUT2D eigenvalue weighted by Crippen LogP contribution is -2.37. The second kappa shape index (κ2) is 8.10. The van der Waals surface area contributed by atoms with Gasteiger partial charge in [-0.3, -0.25) is 9.69 Å². The van der Waals surface area contributed by atoms with Crippen molar-refractivity contribution in [3.63, 3.8) is 0 Å². The number of aryl methyl sites for hydroxylation is 1. The van der Waals surface area contributed by atoms with E-state index >= 15 is 0 Å². The van der Waals surface area contributed by atoms with E-state index in [9.17, 15) is 4.79 Å². The third-order valence-electron chi connectivity index (χ3n) is 4.00. The van der Waals surface area contributed by atoms with Crippen LogP contribution in [0.2, 0.25) is 0 Å². The largest absolute Gasteiger partial charge is 0.396 e. The number of anilines is 1. The third-order valence-corrected chi connectivity index (χ3v) is 4.67. The van der Waals surface area contributed by atoms with E-state index in [2.05, 4.69) is 38.9 Å². The minimum atomic E-state index is 0.0511. The smallest absolute Gasteiger partial charge is 0.238 e. The summed E-state index contributed by atoms with van der Waals surface area (Å²) in [6.07, 6.45) is 4.08. The number of carbonyl (C=O) groups is 1. The maximum absolute atomic E-state index is 12.2. The Morgan fingerprint density at radius 3 is 3.05 bits per heavy atom. The highest BCUT2D eigenvalue weighted by Gasteiger charge is 2.25. The number of aliphatic hydroxyl groups excluding tert-OH is 1. The van der Waals surface area contributed by atoms with Crippen molar-refractivity contribution in [3.8, 4) is 0 Å². The monoisotopic (exact) mass is 402 g/mol. The van der Waals surface area contributed by atoms with E-state index in [1.54, 1.807) is 0 Å². The minimum Gasteiger partial charge on any atom is -0.396 e. The summed E-state index contributed by atoms with van der Waals surface area (Å²) in [6.45, 7) is 3.67. The molecule has 1 aromatic carbocycles. The summed E-state index contributed by atoms with van der Waals surface area (Å²) in [5, 5.41) is 12.0. The molecule has 1 unspecified atom stereocenters. The predicted octanol–water partition coefficient (Wildman–Crippen LogP) is 2.78. The molecule has 0 radical (unpaired) electrons. The zero-order chi connectivity index (χ0) is 15.2. The fourth-order valence-corrected chi connectivity index (χ4v) is 3.55. The van der Waals surface area contributed by atoms with E-state index in [0.717, 1.165) is 43.5 Å². The number of nitrogens with zero attached hydrogens (tertiary/aromatic N) is 1. The highest BCUT2D eigenvalue weighted by Crippen LogP contribution is 2.22. The molecule has 0 saturated carbocycles. The van der Waals surface area contributed by atoms with Gasteiger partial charge in [0.2, 0.25) is 5.91 Å². The van der Waals surface area contributed by atoms with E-state index < -0.39 is 0 Å². The Balaban J connectivity index is 1.89. The highest BCUT2D eigenvalue weighted by molar-refractivity contribution is 14.1. The molecule has 21 heavy (non-hydrogen) atoms. The molecule has 1 aromatic rings. The maximum atomic E-state index is 12.2. The first-order valence-corrected chi connectivity index (χ1v) is 8.59. The molecule has 1 saturated heterocycles. The average molecular weight is 402 g/mol. The lowest BCUT2D eigenvalue weighted by Gasteiger charge is -2.23. The molecule has 1 atom stereocenters. The van der Waals surface area contributed by atoms with E-state index in [1.807, 2.05) is 19.1 Å². The number of likely N-dealkylation sites (tertiary alicyclic amines) is 1. The molecular formula is C16H23IN2O2. The van der Waals surface area contributed by atoms with Gasteiger partial charge in [0.05, 0.1) is 6.54 Å². The normalized spacial score (nSPS) is 18.9. The van der Waals surface area contributed by atoms with Crippen LogP contribution in [0.4, 0.5) is 5.69 Å². The molecule has 0 spiro atoms. The average Bonchev–Trinajstić information content (AvgIpc) is 2.87. The summed E-state index contributed by atoms with van der Waals surface area (Å²) in [5.41, 5.74) is 1.99. The van der Waals surface area contributed by atoms with Crippen LogP contribution in [0.1, 0.15) is 31.2 Å². The van der Waals surface area contributed by atoms with Gasteiger partial charge in [0, 0.05) is 21.9 Å². The summed E-state index contributed by atoms with van der Waals surface area (Å²) in [5.74, 6) is 0.0511.